The van der Waals surface area contributed by atoms with Crippen LogP contribution in [0.5, 0.6) is 0 Å². The van der Waals surface area contributed by atoms with E-state index in [1.54, 1.807) is 37.1 Å². The van der Waals surface area contributed by atoms with Crippen LogP contribution in [0.1, 0.15) is 11.1 Å². The Labute approximate surface area is 159 Å². The van der Waals surface area contributed by atoms with Gasteiger partial charge in [0.2, 0.25) is 0 Å². The lowest BCUT2D eigenvalue weighted by atomic mass is 10.0. The Balaban J connectivity index is 1.84. The minimum atomic E-state index is -0.617. The fourth-order valence-electron chi connectivity index (χ4n) is 3.35. The molecule has 2 heterocycles. The number of hydrogen-bond acceptors (Lipinski definition) is 3. The summed E-state index contributed by atoms with van der Waals surface area (Å²) < 4.78 is 30.5. The van der Waals surface area contributed by atoms with Gasteiger partial charge in [0, 0.05) is 30.4 Å². The molecule has 0 atom stereocenters. The molecule has 0 aliphatic heterocycles. The van der Waals surface area contributed by atoms with Crippen LogP contribution in [-0.4, -0.2) is 14.1 Å². The van der Waals surface area contributed by atoms with E-state index in [0.29, 0.717) is 22.3 Å². The van der Waals surface area contributed by atoms with Crippen molar-refractivity contribution in [3.63, 3.8) is 0 Å². The van der Waals surface area contributed by atoms with Crippen LogP contribution in [0.3, 0.4) is 0 Å². The number of rotatable bonds is 3. The highest BCUT2D eigenvalue weighted by molar-refractivity contribution is 5.92. The SMILES string of the molecule is Cc1cc(-c2cc(N)c3ncn(Cc4ccc(F)cc4F)c3c2)cn(C)c1=O. The summed E-state index contributed by atoms with van der Waals surface area (Å²) in [5, 5.41) is 0. The Kier molecular flexibility index (Phi) is 4.22. The van der Waals surface area contributed by atoms with E-state index in [9.17, 15) is 13.6 Å². The molecule has 0 radical (unpaired) electrons. The fourth-order valence-corrected chi connectivity index (χ4v) is 3.35. The van der Waals surface area contributed by atoms with E-state index >= 15 is 0 Å². The Bertz CT molecular complexity index is 1250. The maximum atomic E-state index is 14.1. The van der Waals surface area contributed by atoms with Crippen LogP contribution in [0.4, 0.5) is 14.5 Å². The molecule has 0 saturated heterocycles. The third kappa shape index (κ3) is 3.05. The maximum absolute atomic E-state index is 14.1. The highest BCUT2D eigenvalue weighted by atomic mass is 19.1. The van der Waals surface area contributed by atoms with Crippen molar-refractivity contribution < 1.29 is 8.78 Å². The van der Waals surface area contributed by atoms with Crippen molar-refractivity contribution >= 4 is 16.7 Å². The van der Waals surface area contributed by atoms with E-state index < -0.39 is 11.6 Å². The number of nitrogens with zero attached hydrogens (tertiary/aromatic N) is 3. The van der Waals surface area contributed by atoms with Gasteiger partial charge in [0.05, 0.1) is 24.1 Å². The van der Waals surface area contributed by atoms with Gasteiger partial charge in [0.15, 0.2) is 0 Å². The van der Waals surface area contributed by atoms with Crippen molar-refractivity contribution in [3.8, 4) is 11.1 Å². The van der Waals surface area contributed by atoms with Crippen molar-refractivity contribution in [2.75, 3.05) is 5.73 Å². The second-order valence-corrected chi connectivity index (χ2v) is 6.87. The largest absolute Gasteiger partial charge is 0.397 e. The molecule has 4 rings (SSSR count). The lowest BCUT2D eigenvalue weighted by Gasteiger charge is -2.10. The lowest BCUT2D eigenvalue weighted by Crippen LogP contribution is -2.18. The molecule has 2 aromatic carbocycles. The fraction of sp³-hybridized carbons (Fsp3) is 0.143. The average Bonchev–Trinajstić information content (AvgIpc) is 3.05. The van der Waals surface area contributed by atoms with Gasteiger partial charge >= 0.3 is 0 Å². The zero-order valence-electron chi connectivity index (χ0n) is 15.4. The van der Waals surface area contributed by atoms with E-state index in [4.69, 9.17) is 5.73 Å². The van der Waals surface area contributed by atoms with Gasteiger partial charge in [0.25, 0.3) is 5.56 Å². The first-order chi connectivity index (χ1) is 13.3. The van der Waals surface area contributed by atoms with Gasteiger partial charge in [0.1, 0.15) is 17.2 Å². The van der Waals surface area contributed by atoms with E-state index in [0.717, 1.165) is 22.7 Å². The molecule has 5 nitrogen and oxygen atoms in total. The Hall–Kier alpha value is -3.48. The molecule has 28 heavy (non-hydrogen) atoms. The molecule has 4 aromatic rings. The molecule has 0 spiro atoms. The third-order valence-corrected chi connectivity index (χ3v) is 4.81. The van der Waals surface area contributed by atoms with Gasteiger partial charge in [-0.15, -0.1) is 0 Å². The number of nitrogens with two attached hydrogens (primary N) is 1. The molecule has 0 unspecified atom stereocenters. The van der Waals surface area contributed by atoms with Crippen LogP contribution in [0.15, 0.2) is 53.7 Å². The molecule has 7 heteroatoms. The van der Waals surface area contributed by atoms with Crippen molar-refractivity contribution in [1.29, 1.82) is 0 Å². The summed E-state index contributed by atoms with van der Waals surface area (Å²) in [5.41, 5.74) is 10.6. The standard InChI is InChI=1S/C21H18F2N4O/c1-12-5-15(9-26(2)21(12)28)14-6-18(24)20-19(7-14)27(11-25-20)10-13-3-4-16(22)8-17(13)23/h3-9,11H,10,24H2,1-2H3. The predicted octanol–water partition coefficient (Wildman–Crippen LogP) is 3.62. The monoisotopic (exact) mass is 380 g/mol. The Morgan fingerprint density at radius 2 is 1.89 bits per heavy atom. The quantitative estimate of drug-likeness (QED) is 0.552. The number of halogens is 2. The number of pyridine rings is 1. The molecular weight excluding hydrogens is 362 g/mol. The third-order valence-electron chi connectivity index (χ3n) is 4.81. The minimum Gasteiger partial charge on any atom is -0.397 e. The van der Waals surface area contributed by atoms with Crippen LogP contribution in [0, 0.1) is 18.6 Å². The van der Waals surface area contributed by atoms with Crippen LogP contribution in [0.2, 0.25) is 0 Å². The van der Waals surface area contributed by atoms with Gasteiger partial charge in [-0.2, -0.15) is 0 Å². The summed E-state index contributed by atoms with van der Waals surface area (Å²) in [7, 11) is 1.70. The highest BCUT2D eigenvalue weighted by Gasteiger charge is 2.13. The van der Waals surface area contributed by atoms with E-state index in [1.807, 2.05) is 12.1 Å². The van der Waals surface area contributed by atoms with E-state index in [-0.39, 0.29) is 12.1 Å². The number of imidazole rings is 1. The van der Waals surface area contributed by atoms with Gasteiger partial charge in [-0.05, 0) is 42.3 Å². The number of fused-ring (bicyclic) bond motifs is 1. The number of hydrogen-bond donors (Lipinski definition) is 1. The molecule has 0 bridgehead atoms. The molecule has 0 saturated carbocycles. The second-order valence-electron chi connectivity index (χ2n) is 6.87. The molecule has 142 valence electrons. The number of aryl methyl sites for hydroxylation is 2. The summed E-state index contributed by atoms with van der Waals surface area (Å²) in [4.78, 5) is 16.3. The molecule has 2 aromatic heterocycles. The van der Waals surface area contributed by atoms with Crippen molar-refractivity contribution in [1.82, 2.24) is 14.1 Å². The van der Waals surface area contributed by atoms with Crippen LogP contribution < -0.4 is 11.3 Å². The minimum absolute atomic E-state index is 0.0605. The molecule has 2 N–H and O–H groups in total. The normalized spacial score (nSPS) is 11.3. The van der Waals surface area contributed by atoms with Crippen molar-refractivity contribution in [2.45, 2.75) is 13.5 Å². The number of aromatic nitrogens is 3. The molecular formula is C21H18F2N4O. The number of benzene rings is 2. The van der Waals surface area contributed by atoms with Gasteiger partial charge < -0.3 is 14.9 Å². The predicted molar refractivity (Wildman–Crippen MR) is 105 cm³/mol. The van der Waals surface area contributed by atoms with Crippen LogP contribution in [0.25, 0.3) is 22.2 Å². The molecule has 0 amide bonds. The topological polar surface area (TPSA) is 65.8 Å². The summed E-state index contributed by atoms with van der Waals surface area (Å²) in [6, 6.07) is 9.02. The van der Waals surface area contributed by atoms with Crippen molar-refractivity contribution in [3.05, 3.63) is 82.0 Å². The number of nitrogen functional groups attached to an aromatic ring is 1. The number of anilines is 1. The molecule has 0 aliphatic carbocycles. The Morgan fingerprint density at radius 3 is 2.61 bits per heavy atom. The first kappa shape index (κ1) is 17.9. The summed E-state index contributed by atoms with van der Waals surface area (Å²) in [6.45, 7) is 1.95. The summed E-state index contributed by atoms with van der Waals surface area (Å²) in [6.07, 6.45) is 3.33. The van der Waals surface area contributed by atoms with Crippen LogP contribution >= 0.6 is 0 Å². The first-order valence-electron chi connectivity index (χ1n) is 8.69. The van der Waals surface area contributed by atoms with E-state index in [1.165, 1.54) is 16.7 Å². The van der Waals surface area contributed by atoms with Gasteiger partial charge in [-0.1, -0.05) is 6.07 Å². The highest BCUT2D eigenvalue weighted by Crippen LogP contribution is 2.29. The molecule has 0 aliphatic rings. The van der Waals surface area contributed by atoms with E-state index in [2.05, 4.69) is 4.98 Å². The summed E-state index contributed by atoms with van der Waals surface area (Å²) >= 11 is 0. The molecule has 0 fully saturated rings. The second kappa shape index (κ2) is 6.60. The van der Waals surface area contributed by atoms with Crippen LogP contribution in [-0.2, 0) is 13.6 Å². The smallest absolute Gasteiger partial charge is 0.253 e. The van der Waals surface area contributed by atoms with Gasteiger partial charge in [-0.25, -0.2) is 13.8 Å². The summed E-state index contributed by atoms with van der Waals surface area (Å²) in [5.74, 6) is -1.23. The lowest BCUT2D eigenvalue weighted by molar-refractivity contribution is 0.567. The zero-order chi connectivity index (χ0) is 20.0. The van der Waals surface area contributed by atoms with Gasteiger partial charge in [-0.3, -0.25) is 4.79 Å². The first-order valence-corrected chi connectivity index (χ1v) is 8.69. The maximum Gasteiger partial charge on any atom is 0.253 e. The van der Waals surface area contributed by atoms with Crippen molar-refractivity contribution in [2.24, 2.45) is 7.05 Å². The zero-order valence-corrected chi connectivity index (χ0v) is 15.4. The average molecular weight is 380 g/mol. The Morgan fingerprint density at radius 1 is 1.11 bits per heavy atom.